The first-order valence-electron chi connectivity index (χ1n) is 6.31. The summed E-state index contributed by atoms with van der Waals surface area (Å²) in [6.45, 7) is 0.850. The zero-order chi connectivity index (χ0) is 12.4. The Balaban J connectivity index is 1.85. The quantitative estimate of drug-likeness (QED) is 0.875. The molecule has 94 valence electrons. The average Bonchev–Trinajstić information content (AvgIpc) is 3.08. The Kier molecular flexibility index (Phi) is 3.07. The molecule has 0 bridgehead atoms. The van der Waals surface area contributed by atoms with Crippen molar-refractivity contribution in [2.45, 2.75) is 25.4 Å². The summed E-state index contributed by atoms with van der Waals surface area (Å²) in [5, 5.41) is 3.51. The maximum atomic E-state index is 5.42. The molecule has 1 aliphatic rings. The van der Waals surface area contributed by atoms with Crippen LogP contribution in [0.4, 0.5) is 0 Å². The van der Waals surface area contributed by atoms with Crippen molar-refractivity contribution in [3.8, 4) is 17.1 Å². The van der Waals surface area contributed by atoms with Crippen molar-refractivity contribution in [1.82, 2.24) is 5.32 Å². The SMILES string of the molecule is COc1ccc(-c2ccco2)cc1CNC1CC1. The summed E-state index contributed by atoms with van der Waals surface area (Å²) in [5.74, 6) is 1.82. The maximum absolute atomic E-state index is 5.42. The summed E-state index contributed by atoms with van der Waals surface area (Å²) in [7, 11) is 1.71. The van der Waals surface area contributed by atoms with Crippen molar-refractivity contribution in [2.24, 2.45) is 0 Å². The first kappa shape index (κ1) is 11.4. The molecule has 3 heteroatoms. The number of methoxy groups -OCH3 is 1. The lowest BCUT2D eigenvalue weighted by atomic mass is 10.1. The van der Waals surface area contributed by atoms with E-state index in [4.69, 9.17) is 9.15 Å². The van der Waals surface area contributed by atoms with Gasteiger partial charge in [-0.15, -0.1) is 0 Å². The van der Waals surface area contributed by atoms with Crippen LogP contribution in [0.15, 0.2) is 41.0 Å². The minimum absolute atomic E-state index is 0.696. The Hall–Kier alpha value is -1.74. The highest BCUT2D eigenvalue weighted by atomic mass is 16.5. The van der Waals surface area contributed by atoms with Gasteiger partial charge in [0.1, 0.15) is 11.5 Å². The summed E-state index contributed by atoms with van der Waals surface area (Å²) in [6, 6.07) is 10.7. The van der Waals surface area contributed by atoms with Crippen LogP contribution in [0.1, 0.15) is 18.4 Å². The monoisotopic (exact) mass is 243 g/mol. The van der Waals surface area contributed by atoms with Crippen molar-refractivity contribution in [3.05, 3.63) is 42.2 Å². The fourth-order valence-electron chi connectivity index (χ4n) is 2.05. The highest BCUT2D eigenvalue weighted by Gasteiger charge is 2.20. The van der Waals surface area contributed by atoms with Gasteiger partial charge in [-0.2, -0.15) is 0 Å². The van der Waals surface area contributed by atoms with Crippen LogP contribution in [0, 0.1) is 0 Å². The smallest absolute Gasteiger partial charge is 0.133 e. The molecule has 1 saturated carbocycles. The van der Waals surface area contributed by atoms with Crippen LogP contribution in [0.2, 0.25) is 0 Å². The first-order valence-corrected chi connectivity index (χ1v) is 6.31. The lowest BCUT2D eigenvalue weighted by Crippen LogP contribution is -2.15. The van der Waals surface area contributed by atoms with Gasteiger partial charge in [-0.05, 0) is 43.2 Å². The molecular weight excluding hydrogens is 226 g/mol. The molecule has 0 radical (unpaired) electrons. The van der Waals surface area contributed by atoms with Gasteiger partial charge < -0.3 is 14.5 Å². The topological polar surface area (TPSA) is 34.4 Å². The van der Waals surface area contributed by atoms with Crippen LogP contribution in [-0.4, -0.2) is 13.2 Å². The number of rotatable bonds is 5. The van der Waals surface area contributed by atoms with E-state index in [0.29, 0.717) is 6.04 Å². The number of hydrogen-bond acceptors (Lipinski definition) is 3. The van der Waals surface area contributed by atoms with E-state index in [1.807, 2.05) is 24.3 Å². The number of hydrogen-bond donors (Lipinski definition) is 1. The molecule has 18 heavy (non-hydrogen) atoms. The molecule has 0 spiro atoms. The Bertz CT molecular complexity index is 515. The molecule has 2 aromatic rings. The van der Waals surface area contributed by atoms with E-state index in [0.717, 1.165) is 23.6 Å². The predicted molar refractivity (Wildman–Crippen MR) is 70.6 cm³/mol. The fourth-order valence-corrected chi connectivity index (χ4v) is 2.05. The van der Waals surface area contributed by atoms with E-state index in [2.05, 4.69) is 11.4 Å². The van der Waals surface area contributed by atoms with Gasteiger partial charge in [0.05, 0.1) is 13.4 Å². The van der Waals surface area contributed by atoms with Gasteiger partial charge in [-0.3, -0.25) is 0 Å². The first-order chi connectivity index (χ1) is 8.86. The van der Waals surface area contributed by atoms with Crippen molar-refractivity contribution in [1.29, 1.82) is 0 Å². The van der Waals surface area contributed by atoms with Crippen LogP contribution >= 0.6 is 0 Å². The lowest BCUT2D eigenvalue weighted by Gasteiger charge is -2.10. The van der Waals surface area contributed by atoms with E-state index in [-0.39, 0.29) is 0 Å². The molecule has 1 aromatic carbocycles. The molecule has 0 amide bonds. The largest absolute Gasteiger partial charge is 0.496 e. The molecule has 0 saturated heterocycles. The fraction of sp³-hybridized carbons (Fsp3) is 0.333. The van der Waals surface area contributed by atoms with Crippen LogP contribution in [-0.2, 0) is 6.54 Å². The summed E-state index contributed by atoms with van der Waals surface area (Å²) in [6.07, 6.45) is 4.28. The third-order valence-electron chi connectivity index (χ3n) is 3.24. The minimum atomic E-state index is 0.696. The standard InChI is InChI=1S/C15H17NO2/c1-17-14-7-4-11(15-3-2-8-18-15)9-12(14)10-16-13-5-6-13/h2-4,7-9,13,16H,5-6,10H2,1H3. The van der Waals surface area contributed by atoms with Crippen LogP contribution in [0.5, 0.6) is 5.75 Å². The number of furan rings is 1. The number of benzene rings is 1. The van der Waals surface area contributed by atoms with E-state index < -0.39 is 0 Å². The van der Waals surface area contributed by atoms with Gasteiger partial charge in [0.15, 0.2) is 0 Å². The zero-order valence-electron chi connectivity index (χ0n) is 10.5. The number of ether oxygens (including phenoxy) is 1. The van der Waals surface area contributed by atoms with E-state index in [1.54, 1.807) is 13.4 Å². The molecule has 1 N–H and O–H groups in total. The maximum Gasteiger partial charge on any atom is 0.133 e. The van der Waals surface area contributed by atoms with Crippen LogP contribution < -0.4 is 10.1 Å². The van der Waals surface area contributed by atoms with E-state index in [9.17, 15) is 0 Å². The van der Waals surface area contributed by atoms with Gasteiger partial charge in [-0.25, -0.2) is 0 Å². The van der Waals surface area contributed by atoms with Crippen molar-refractivity contribution >= 4 is 0 Å². The lowest BCUT2D eigenvalue weighted by molar-refractivity contribution is 0.407. The summed E-state index contributed by atoms with van der Waals surface area (Å²) in [5.41, 5.74) is 2.27. The summed E-state index contributed by atoms with van der Waals surface area (Å²) in [4.78, 5) is 0. The number of nitrogens with one attached hydrogen (secondary N) is 1. The Morgan fingerprint density at radius 2 is 2.22 bits per heavy atom. The van der Waals surface area contributed by atoms with Gasteiger partial charge >= 0.3 is 0 Å². The van der Waals surface area contributed by atoms with E-state index in [1.165, 1.54) is 18.4 Å². The second-order valence-corrected chi connectivity index (χ2v) is 4.66. The minimum Gasteiger partial charge on any atom is -0.496 e. The molecule has 1 fully saturated rings. The Morgan fingerprint density at radius 1 is 1.33 bits per heavy atom. The highest BCUT2D eigenvalue weighted by molar-refractivity contribution is 5.60. The predicted octanol–water partition coefficient (Wildman–Crippen LogP) is 3.21. The molecule has 1 heterocycles. The molecule has 0 unspecified atom stereocenters. The van der Waals surface area contributed by atoms with Crippen molar-refractivity contribution < 1.29 is 9.15 Å². The highest BCUT2D eigenvalue weighted by Crippen LogP contribution is 2.28. The molecule has 3 rings (SSSR count). The molecular formula is C15H17NO2. The Morgan fingerprint density at radius 3 is 2.89 bits per heavy atom. The molecule has 0 atom stereocenters. The van der Waals surface area contributed by atoms with Gasteiger partial charge in [0.25, 0.3) is 0 Å². The average molecular weight is 243 g/mol. The molecule has 1 aromatic heterocycles. The molecule has 1 aliphatic carbocycles. The van der Waals surface area contributed by atoms with Gasteiger partial charge in [0.2, 0.25) is 0 Å². The molecule has 3 nitrogen and oxygen atoms in total. The third-order valence-corrected chi connectivity index (χ3v) is 3.24. The second kappa shape index (κ2) is 4.86. The normalized spacial score (nSPS) is 14.7. The third kappa shape index (κ3) is 2.41. The van der Waals surface area contributed by atoms with Crippen LogP contribution in [0.3, 0.4) is 0 Å². The summed E-state index contributed by atoms with van der Waals surface area (Å²) < 4.78 is 10.8. The summed E-state index contributed by atoms with van der Waals surface area (Å²) >= 11 is 0. The van der Waals surface area contributed by atoms with Crippen molar-refractivity contribution in [3.63, 3.8) is 0 Å². The Labute approximate surface area is 107 Å². The van der Waals surface area contributed by atoms with Crippen LogP contribution in [0.25, 0.3) is 11.3 Å². The van der Waals surface area contributed by atoms with Gasteiger partial charge in [0, 0.05) is 23.7 Å². The zero-order valence-corrected chi connectivity index (χ0v) is 10.5. The van der Waals surface area contributed by atoms with Crippen molar-refractivity contribution in [2.75, 3.05) is 7.11 Å². The molecule has 0 aliphatic heterocycles. The van der Waals surface area contributed by atoms with E-state index >= 15 is 0 Å². The second-order valence-electron chi connectivity index (χ2n) is 4.66. The van der Waals surface area contributed by atoms with Gasteiger partial charge in [-0.1, -0.05) is 0 Å².